The first kappa shape index (κ1) is 12.6. The third-order valence-electron chi connectivity index (χ3n) is 3.37. The highest BCUT2D eigenvalue weighted by Crippen LogP contribution is 2.21. The fraction of sp³-hybridized carbons (Fsp3) is 0.312. The first-order valence-corrected chi connectivity index (χ1v) is 6.28. The quantitative estimate of drug-likeness (QED) is 0.883. The van der Waals surface area contributed by atoms with Gasteiger partial charge in [0.25, 0.3) is 0 Å². The highest BCUT2D eigenvalue weighted by Gasteiger charge is 2.01. The zero-order chi connectivity index (χ0) is 13.1. The van der Waals surface area contributed by atoms with E-state index in [0.717, 1.165) is 6.42 Å². The topological polar surface area (TPSA) is 37.3 Å². The second-order valence-electron chi connectivity index (χ2n) is 4.87. The molecule has 2 heteroatoms. The van der Waals surface area contributed by atoms with Crippen LogP contribution >= 0.6 is 0 Å². The number of carboxylic acids is 1. The van der Waals surface area contributed by atoms with Crippen LogP contribution in [0.5, 0.6) is 0 Å². The van der Waals surface area contributed by atoms with E-state index < -0.39 is 5.97 Å². The van der Waals surface area contributed by atoms with Gasteiger partial charge in [0, 0.05) is 6.42 Å². The van der Waals surface area contributed by atoms with Crippen LogP contribution < -0.4 is 0 Å². The van der Waals surface area contributed by atoms with Crippen molar-refractivity contribution in [1.29, 1.82) is 0 Å². The molecule has 0 amide bonds. The molecule has 2 nitrogen and oxygen atoms in total. The molecule has 0 bridgehead atoms. The average Bonchev–Trinajstić information content (AvgIpc) is 2.30. The van der Waals surface area contributed by atoms with E-state index in [9.17, 15) is 4.79 Å². The van der Waals surface area contributed by atoms with Crippen molar-refractivity contribution in [3.05, 3.63) is 47.0 Å². The lowest BCUT2D eigenvalue weighted by molar-refractivity contribution is -0.137. The maximum absolute atomic E-state index is 10.5. The molecule has 0 spiro atoms. The minimum absolute atomic E-state index is 0.241. The standard InChI is InChI=1S/C16H18O2/c1-11-8-14-7-6-13(4-3-5-16(17)18)10-15(14)9-12(11)2/h6-10H,3-5H2,1-2H3,(H,17,18). The molecule has 0 atom stereocenters. The van der Waals surface area contributed by atoms with Crippen LogP contribution in [0, 0.1) is 13.8 Å². The molecule has 1 N–H and O–H groups in total. The summed E-state index contributed by atoms with van der Waals surface area (Å²) in [5.41, 5.74) is 3.82. The lowest BCUT2D eigenvalue weighted by Gasteiger charge is -2.06. The van der Waals surface area contributed by atoms with Gasteiger partial charge in [0.15, 0.2) is 0 Å². The second kappa shape index (κ2) is 5.21. The molecule has 0 saturated carbocycles. The Labute approximate surface area is 107 Å². The van der Waals surface area contributed by atoms with Crippen molar-refractivity contribution >= 4 is 16.7 Å². The number of aryl methyl sites for hydroxylation is 3. The lowest BCUT2D eigenvalue weighted by atomic mass is 9.99. The number of rotatable bonds is 4. The largest absolute Gasteiger partial charge is 0.481 e. The van der Waals surface area contributed by atoms with Gasteiger partial charge >= 0.3 is 5.97 Å². The highest BCUT2D eigenvalue weighted by molar-refractivity contribution is 5.84. The number of benzene rings is 2. The van der Waals surface area contributed by atoms with Crippen molar-refractivity contribution in [3.8, 4) is 0 Å². The minimum Gasteiger partial charge on any atom is -0.481 e. The Morgan fingerprint density at radius 3 is 2.39 bits per heavy atom. The predicted molar refractivity (Wildman–Crippen MR) is 74.0 cm³/mol. The van der Waals surface area contributed by atoms with E-state index in [0.29, 0.717) is 6.42 Å². The predicted octanol–water partition coefficient (Wildman–Crippen LogP) is 3.86. The number of fused-ring (bicyclic) bond motifs is 1. The number of hydrogen-bond acceptors (Lipinski definition) is 1. The normalized spacial score (nSPS) is 10.8. The van der Waals surface area contributed by atoms with Gasteiger partial charge in [-0.25, -0.2) is 0 Å². The van der Waals surface area contributed by atoms with Gasteiger partial charge in [0.05, 0.1) is 0 Å². The van der Waals surface area contributed by atoms with Gasteiger partial charge in [-0.2, -0.15) is 0 Å². The summed E-state index contributed by atoms with van der Waals surface area (Å²) in [7, 11) is 0. The summed E-state index contributed by atoms with van der Waals surface area (Å²) in [5, 5.41) is 11.1. The SMILES string of the molecule is Cc1cc2ccc(CCCC(=O)O)cc2cc1C. The Morgan fingerprint density at radius 2 is 1.72 bits per heavy atom. The van der Waals surface area contributed by atoms with Gasteiger partial charge in [-0.3, -0.25) is 4.79 Å². The molecule has 0 aliphatic carbocycles. The minimum atomic E-state index is -0.720. The van der Waals surface area contributed by atoms with Crippen LogP contribution in [-0.4, -0.2) is 11.1 Å². The zero-order valence-electron chi connectivity index (χ0n) is 10.9. The number of carboxylic acid groups (broad SMARTS) is 1. The van der Waals surface area contributed by atoms with Crippen LogP contribution in [0.25, 0.3) is 10.8 Å². The molecule has 18 heavy (non-hydrogen) atoms. The van der Waals surface area contributed by atoms with Crippen molar-refractivity contribution in [2.24, 2.45) is 0 Å². The molecule has 2 aromatic rings. The van der Waals surface area contributed by atoms with Gasteiger partial charge in [-0.1, -0.05) is 30.3 Å². The van der Waals surface area contributed by atoms with E-state index >= 15 is 0 Å². The Balaban J connectivity index is 2.21. The molecule has 0 unspecified atom stereocenters. The first-order chi connectivity index (χ1) is 8.56. The smallest absolute Gasteiger partial charge is 0.303 e. The fourth-order valence-corrected chi connectivity index (χ4v) is 2.17. The van der Waals surface area contributed by atoms with Gasteiger partial charge in [0.2, 0.25) is 0 Å². The first-order valence-electron chi connectivity index (χ1n) is 6.28. The van der Waals surface area contributed by atoms with E-state index in [1.165, 1.54) is 27.5 Å². The summed E-state index contributed by atoms with van der Waals surface area (Å²) in [4.78, 5) is 10.5. The van der Waals surface area contributed by atoms with Crippen molar-refractivity contribution in [1.82, 2.24) is 0 Å². The maximum atomic E-state index is 10.5. The van der Waals surface area contributed by atoms with Gasteiger partial charge in [-0.05, 0) is 54.2 Å². The average molecular weight is 242 g/mol. The summed E-state index contributed by atoms with van der Waals surface area (Å²) in [6.07, 6.45) is 1.77. The van der Waals surface area contributed by atoms with E-state index in [4.69, 9.17) is 5.11 Å². The van der Waals surface area contributed by atoms with Crippen LogP contribution in [0.4, 0.5) is 0 Å². The molecule has 0 saturated heterocycles. The molecule has 0 aromatic heterocycles. The summed E-state index contributed by atoms with van der Waals surface area (Å²) in [5.74, 6) is -0.720. The van der Waals surface area contributed by atoms with Crippen LogP contribution in [0.1, 0.15) is 29.5 Å². The van der Waals surface area contributed by atoms with Crippen LogP contribution in [-0.2, 0) is 11.2 Å². The third-order valence-corrected chi connectivity index (χ3v) is 3.37. The molecule has 0 heterocycles. The van der Waals surface area contributed by atoms with E-state index in [-0.39, 0.29) is 6.42 Å². The molecule has 0 fully saturated rings. The Bertz CT molecular complexity index is 585. The number of hydrogen-bond donors (Lipinski definition) is 1. The van der Waals surface area contributed by atoms with Crippen molar-refractivity contribution < 1.29 is 9.90 Å². The zero-order valence-corrected chi connectivity index (χ0v) is 10.9. The van der Waals surface area contributed by atoms with Gasteiger partial charge in [-0.15, -0.1) is 0 Å². The van der Waals surface area contributed by atoms with Crippen molar-refractivity contribution in [2.45, 2.75) is 33.1 Å². The molecular weight excluding hydrogens is 224 g/mol. The molecule has 2 aromatic carbocycles. The molecule has 0 aliphatic rings. The fourth-order valence-electron chi connectivity index (χ4n) is 2.17. The lowest BCUT2D eigenvalue weighted by Crippen LogP contribution is -1.95. The maximum Gasteiger partial charge on any atom is 0.303 e. The summed E-state index contributed by atoms with van der Waals surface area (Å²) in [6.45, 7) is 4.24. The Morgan fingerprint density at radius 1 is 1.06 bits per heavy atom. The van der Waals surface area contributed by atoms with E-state index in [1.54, 1.807) is 0 Å². The molecule has 2 rings (SSSR count). The Kier molecular flexibility index (Phi) is 3.66. The van der Waals surface area contributed by atoms with Crippen molar-refractivity contribution in [3.63, 3.8) is 0 Å². The third kappa shape index (κ3) is 2.89. The summed E-state index contributed by atoms with van der Waals surface area (Å²) >= 11 is 0. The van der Waals surface area contributed by atoms with Crippen LogP contribution in [0.3, 0.4) is 0 Å². The number of aliphatic carboxylic acids is 1. The monoisotopic (exact) mass is 242 g/mol. The molecule has 0 radical (unpaired) electrons. The van der Waals surface area contributed by atoms with Gasteiger partial charge < -0.3 is 5.11 Å². The highest BCUT2D eigenvalue weighted by atomic mass is 16.4. The van der Waals surface area contributed by atoms with Crippen molar-refractivity contribution in [2.75, 3.05) is 0 Å². The summed E-state index contributed by atoms with van der Waals surface area (Å²) in [6, 6.07) is 10.8. The summed E-state index contributed by atoms with van der Waals surface area (Å²) < 4.78 is 0. The molecule has 0 aliphatic heterocycles. The molecular formula is C16H18O2. The van der Waals surface area contributed by atoms with E-state index in [1.807, 2.05) is 0 Å². The van der Waals surface area contributed by atoms with Crippen LogP contribution in [0.2, 0.25) is 0 Å². The second-order valence-corrected chi connectivity index (χ2v) is 4.87. The van der Waals surface area contributed by atoms with Crippen LogP contribution in [0.15, 0.2) is 30.3 Å². The van der Waals surface area contributed by atoms with E-state index in [2.05, 4.69) is 44.2 Å². The Hall–Kier alpha value is -1.83. The van der Waals surface area contributed by atoms with Gasteiger partial charge in [0.1, 0.15) is 0 Å². The number of carbonyl (C=O) groups is 1. The molecule has 94 valence electrons.